The van der Waals surface area contributed by atoms with Crippen LogP contribution in [-0.2, 0) is 0 Å². The predicted molar refractivity (Wildman–Crippen MR) is 121 cm³/mol. The van der Waals surface area contributed by atoms with Gasteiger partial charge in [0.1, 0.15) is 10.8 Å². The largest absolute Gasteiger partial charge is 0.502 e. The number of hydrogen-bond donors (Lipinski definition) is 1. The molecule has 0 aliphatic carbocycles. The van der Waals surface area contributed by atoms with Crippen molar-refractivity contribution in [3.05, 3.63) is 35.8 Å². The van der Waals surface area contributed by atoms with Gasteiger partial charge in [-0.2, -0.15) is 0 Å². The first-order valence-electron chi connectivity index (χ1n) is 10.3. The fourth-order valence-corrected chi connectivity index (χ4v) is 4.67. The average molecular weight is 426 g/mol. The third kappa shape index (κ3) is 4.21. The summed E-state index contributed by atoms with van der Waals surface area (Å²) in [5, 5.41) is 13.3. The number of aromatic nitrogens is 2. The van der Waals surface area contributed by atoms with Gasteiger partial charge >= 0.3 is 0 Å². The quantitative estimate of drug-likeness (QED) is 0.593. The maximum absolute atomic E-state index is 10.4. The highest BCUT2D eigenvalue weighted by atomic mass is 32.1. The van der Waals surface area contributed by atoms with Crippen LogP contribution in [-0.4, -0.2) is 42.4 Å². The second-order valence-electron chi connectivity index (χ2n) is 7.39. The Bertz CT molecular complexity index is 997. The highest BCUT2D eigenvalue weighted by Gasteiger charge is 2.18. The number of benzene rings is 1. The Morgan fingerprint density at radius 2 is 1.77 bits per heavy atom. The third-order valence-electron chi connectivity index (χ3n) is 5.47. The van der Waals surface area contributed by atoms with Gasteiger partial charge < -0.3 is 19.5 Å². The number of phenols is 1. The number of nitrogens with zero attached hydrogens (tertiary/aromatic N) is 3. The van der Waals surface area contributed by atoms with Crippen molar-refractivity contribution in [2.45, 2.75) is 32.1 Å². The van der Waals surface area contributed by atoms with Gasteiger partial charge in [-0.1, -0.05) is 19.3 Å². The van der Waals surface area contributed by atoms with E-state index in [1.54, 1.807) is 17.4 Å². The molecule has 0 radical (unpaired) electrons. The molecule has 6 nitrogen and oxygen atoms in total. The van der Waals surface area contributed by atoms with Gasteiger partial charge in [-0.25, -0.2) is 9.97 Å². The molecular weight excluding hydrogens is 398 g/mol. The molecule has 1 aliphatic heterocycles. The lowest BCUT2D eigenvalue weighted by Gasteiger charge is -2.26. The highest BCUT2D eigenvalue weighted by Crippen LogP contribution is 2.44. The van der Waals surface area contributed by atoms with Gasteiger partial charge in [0.15, 0.2) is 11.5 Å². The van der Waals surface area contributed by atoms with E-state index in [-0.39, 0.29) is 5.75 Å². The molecule has 1 saturated heterocycles. The minimum atomic E-state index is -0.0182. The predicted octanol–water partition coefficient (Wildman–Crippen LogP) is 5.37. The van der Waals surface area contributed by atoms with Gasteiger partial charge in [-0.15, -0.1) is 11.3 Å². The fourth-order valence-electron chi connectivity index (χ4n) is 3.86. The average Bonchev–Trinajstić information content (AvgIpc) is 3.23. The van der Waals surface area contributed by atoms with Crippen molar-refractivity contribution in [1.82, 2.24) is 9.97 Å². The minimum absolute atomic E-state index is 0.0182. The van der Waals surface area contributed by atoms with E-state index in [2.05, 4.69) is 16.0 Å². The minimum Gasteiger partial charge on any atom is -0.502 e. The van der Waals surface area contributed by atoms with Crippen LogP contribution in [0.5, 0.6) is 17.2 Å². The van der Waals surface area contributed by atoms with Crippen LogP contribution in [0.3, 0.4) is 0 Å². The smallest absolute Gasteiger partial charge is 0.201 e. The monoisotopic (exact) mass is 425 g/mol. The van der Waals surface area contributed by atoms with E-state index in [0.29, 0.717) is 11.5 Å². The van der Waals surface area contributed by atoms with Crippen molar-refractivity contribution in [3.63, 3.8) is 0 Å². The molecule has 3 aromatic rings. The number of rotatable bonds is 5. The lowest BCUT2D eigenvalue weighted by Crippen LogP contribution is -2.27. The van der Waals surface area contributed by atoms with Crippen LogP contribution in [0, 0.1) is 0 Å². The Balaban J connectivity index is 1.63. The van der Waals surface area contributed by atoms with E-state index in [9.17, 15) is 5.11 Å². The van der Waals surface area contributed by atoms with E-state index >= 15 is 0 Å². The van der Waals surface area contributed by atoms with E-state index in [0.717, 1.165) is 40.7 Å². The summed E-state index contributed by atoms with van der Waals surface area (Å²) >= 11 is 1.57. The van der Waals surface area contributed by atoms with Crippen LogP contribution in [0.2, 0.25) is 0 Å². The fraction of sp³-hybridized carbons (Fsp3) is 0.391. The molecule has 0 unspecified atom stereocenters. The number of aromatic hydroxyl groups is 1. The molecule has 0 bridgehead atoms. The molecule has 7 heteroatoms. The summed E-state index contributed by atoms with van der Waals surface area (Å²) in [7, 11) is 3.05. The first-order chi connectivity index (χ1) is 14.7. The second kappa shape index (κ2) is 9.34. The van der Waals surface area contributed by atoms with Gasteiger partial charge in [0, 0.05) is 35.8 Å². The van der Waals surface area contributed by atoms with Gasteiger partial charge in [-0.3, -0.25) is 0 Å². The van der Waals surface area contributed by atoms with Gasteiger partial charge in [0.25, 0.3) is 0 Å². The third-order valence-corrected chi connectivity index (χ3v) is 6.36. The van der Waals surface area contributed by atoms with Crippen molar-refractivity contribution >= 4 is 17.2 Å². The molecule has 1 N–H and O–H groups in total. The molecule has 0 spiro atoms. The molecule has 2 aromatic heterocycles. The van der Waals surface area contributed by atoms with Crippen LogP contribution >= 0.6 is 11.3 Å². The second-order valence-corrected chi connectivity index (χ2v) is 8.25. The highest BCUT2D eigenvalue weighted by molar-refractivity contribution is 7.13. The summed E-state index contributed by atoms with van der Waals surface area (Å²) in [5.74, 6) is 1.74. The molecule has 158 valence electrons. The number of anilines is 1. The molecule has 4 rings (SSSR count). The Morgan fingerprint density at radius 1 is 1.00 bits per heavy atom. The van der Waals surface area contributed by atoms with E-state index in [1.165, 1.54) is 46.3 Å². The molecule has 1 aromatic carbocycles. The van der Waals surface area contributed by atoms with Crippen LogP contribution in [0.15, 0.2) is 35.8 Å². The van der Waals surface area contributed by atoms with E-state index in [1.807, 2.05) is 23.7 Å². The summed E-state index contributed by atoms with van der Waals surface area (Å²) in [6.07, 6.45) is 8.23. The summed E-state index contributed by atoms with van der Waals surface area (Å²) in [6, 6.07) is 7.71. The van der Waals surface area contributed by atoms with E-state index in [4.69, 9.17) is 14.5 Å². The molecular formula is C23H27N3O3S. The molecule has 30 heavy (non-hydrogen) atoms. The number of thiazole rings is 1. The number of pyridine rings is 1. The normalized spacial score (nSPS) is 14.8. The summed E-state index contributed by atoms with van der Waals surface area (Å²) in [4.78, 5) is 11.8. The number of methoxy groups -OCH3 is 2. The molecule has 1 aliphatic rings. The number of ether oxygens (including phenoxy) is 2. The van der Waals surface area contributed by atoms with Crippen LogP contribution in [0.4, 0.5) is 5.82 Å². The number of hydrogen-bond acceptors (Lipinski definition) is 7. The zero-order valence-corrected chi connectivity index (χ0v) is 18.2. The van der Waals surface area contributed by atoms with Crippen LogP contribution < -0.4 is 14.4 Å². The zero-order chi connectivity index (χ0) is 20.9. The number of phenolic OH excluding ortho intramolecular Hbond substituents is 1. The molecule has 0 saturated carbocycles. The lowest BCUT2D eigenvalue weighted by atomic mass is 10.1. The maximum atomic E-state index is 10.4. The SMILES string of the molecule is COc1ccc(-c2csc(-c3ccnc(N4CCCCCCC4)c3)n2)c(OC)c1O. The van der Waals surface area contributed by atoms with Crippen molar-refractivity contribution in [2.24, 2.45) is 0 Å². The van der Waals surface area contributed by atoms with Gasteiger partial charge in [0.2, 0.25) is 5.75 Å². The Labute approximate surface area is 181 Å². The zero-order valence-electron chi connectivity index (χ0n) is 17.4. The van der Waals surface area contributed by atoms with Crippen molar-refractivity contribution in [1.29, 1.82) is 0 Å². The van der Waals surface area contributed by atoms with Crippen molar-refractivity contribution in [3.8, 4) is 39.1 Å². The maximum Gasteiger partial charge on any atom is 0.201 e. The van der Waals surface area contributed by atoms with Gasteiger partial charge in [-0.05, 0) is 37.1 Å². The van der Waals surface area contributed by atoms with Crippen LogP contribution in [0.1, 0.15) is 32.1 Å². The van der Waals surface area contributed by atoms with Crippen molar-refractivity contribution < 1.29 is 14.6 Å². The summed E-state index contributed by atoms with van der Waals surface area (Å²) < 4.78 is 10.6. The summed E-state index contributed by atoms with van der Waals surface area (Å²) in [5.41, 5.74) is 2.54. The molecule has 3 heterocycles. The lowest BCUT2D eigenvalue weighted by molar-refractivity contribution is 0.341. The topological polar surface area (TPSA) is 67.7 Å². The Kier molecular flexibility index (Phi) is 6.38. The molecule has 0 amide bonds. The van der Waals surface area contributed by atoms with Crippen molar-refractivity contribution in [2.75, 3.05) is 32.2 Å². The van der Waals surface area contributed by atoms with Gasteiger partial charge in [0.05, 0.1) is 19.9 Å². The summed E-state index contributed by atoms with van der Waals surface area (Å²) in [6.45, 7) is 2.11. The first-order valence-corrected chi connectivity index (χ1v) is 11.2. The first kappa shape index (κ1) is 20.5. The van der Waals surface area contributed by atoms with E-state index < -0.39 is 0 Å². The molecule has 1 fully saturated rings. The molecule has 0 atom stereocenters. The Morgan fingerprint density at radius 3 is 2.50 bits per heavy atom. The standard InChI is InChI=1S/C23H27N3O3S/c1-28-19-9-8-17(22(29-2)21(19)27)18-15-30-23(25-18)16-10-11-24-20(14-16)26-12-6-4-3-5-7-13-26/h8-11,14-15,27H,3-7,12-13H2,1-2H3. The van der Waals surface area contributed by atoms with Crippen LogP contribution in [0.25, 0.3) is 21.8 Å². The Hall–Kier alpha value is -2.80.